The second kappa shape index (κ2) is 7.37. The molecule has 4 nitrogen and oxygen atoms in total. The third-order valence-electron chi connectivity index (χ3n) is 4.29. The van der Waals surface area contributed by atoms with Crippen LogP contribution in [0.15, 0.2) is 42.5 Å². The van der Waals surface area contributed by atoms with Crippen LogP contribution >= 0.6 is 12.4 Å². The van der Waals surface area contributed by atoms with Crippen LogP contribution in [0.2, 0.25) is 0 Å². The third kappa shape index (κ3) is 3.22. The van der Waals surface area contributed by atoms with E-state index in [-0.39, 0.29) is 18.3 Å². The summed E-state index contributed by atoms with van der Waals surface area (Å²) in [6.45, 7) is 3.50. The molecule has 0 saturated carbocycles. The molecule has 0 N–H and O–H groups in total. The average Bonchev–Trinajstić information content (AvgIpc) is 2.74. The fraction of sp³-hybridized carbons (Fsp3) is 0.263. The number of halogens is 1. The third-order valence-corrected chi connectivity index (χ3v) is 4.29. The van der Waals surface area contributed by atoms with Gasteiger partial charge in [-0.3, -0.25) is 4.79 Å². The maximum atomic E-state index is 13.1. The first-order valence-electron chi connectivity index (χ1n) is 7.74. The number of amides is 1. The summed E-state index contributed by atoms with van der Waals surface area (Å²) in [4.78, 5) is 17.1. The molecule has 2 aromatic carbocycles. The Kier molecular flexibility index (Phi) is 5.48. The smallest absolute Gasteiger partial charge is 0.258 e. The Bertz CT molecular complexity index is 797. The van der Waals surface area contributed by atoms with Gasteiger partial charge in [-0.2, -0.15) is 5.26 Å². The van der Waals surface area contributed by atoms with Crippen molar-refractivity contribution in [2.24, 2.45) is 0 Å². The van der Waals surface area contributed by atoms with Crippen molar-refractivity contribution in [2.75, 3.05) is 29.9 Å². The Morgan fingerprint density at radius 1 is 1.12 bits per heavy atom. The van der Waals surface area contributed by atoms with Crippen LogP contribution in [0.25, 0.3) is 0 Å². The highest BCUT2D eigenvalue weighted by Crippen LogP contribution is 2.32. The highest BCUT2D eigenvalue weighted by molar-refractivity contribution is 6.08. The van der Waals surface area contributed by atoms with Gasteiger partial charge < -0.3 is 9.80 Å². The van der Waals surface area contributed by atoms with Crippen molar-refractivity contribution in [1.29, 1.82) is 5.26 Å². The van der Waals surface area contributed by atoms with E-state index in [2.05, 4.69) is 18.0 Å². The van der Waals surface area contributed by atoms with E-state index in [9.17, 15) is 4.79 Å². The summed E-state index contributed by atoms with van der Waals surface area (Å²) >= 11 is 0. The molecular weight excluding hydrogens is 322 g/mol. The van der Waals surface area contributed by atoms with Crippen LogP contribution < -0.4 is 9.80 Å². The zero-order valence-corrected chi connectivity index (χ0v) is 14.6. The summed E-state index contributed by atoms with van der Waals surface area (Å²) in [5.41, 5.74) is 4.09. The van der Waals surface area contributed by atoms with E-state index >= 15 is 0 Å². The molecular formula is C19H20ClN3O. The zero-order chi connectivity index (χ0) is 16.4. The van der Waals surface area contributed by atoms with Gasteiger partial charge in [0.25, 0.3) is 5.91 Å². The highest BCUT2D eigenvalue weighted by atomic mass is 35.5. The van der Waals surface area contributed by atoms with Crippen molar-refractivity contribution < 1.29 is 4.79 Å². The molecule has 0 aromatic heterocycles. The first kappa shape index (κ1) is 17.8. The van der Waals surface area contributed by atoms with Crippen LogP contribution in [0.1, 0.15) is 27.9 Å². The number of fused-ring (bicyclic) bond motifs is 1. The molecule has 0 spiro atoms. The molecule has 3 rings (SSSR count). The van der Waals surface area contributed by atoms with Crippen LogP contribution in [0.3, 0.4) is 0 Å². The van der Waals surface area contributed by atoms with Crippen LogP contribution in [-0.2, 0) is 0 Å². The number of hydrogen-bond acceptors (Lipinski definition) is 3. The fourth-order valence-corrected chi connectivity index (χ4v) is 3.05. The maximum Gasteiger partial charge on any atom is 0.258 e. The Hall–Kier alpha value is -2.51. The van der Waals surface area contributed by atoms with Gasteiger partial charge in [0.05, 0.1) is 23.0 Å². The normalized spacial score (nSPS) is 13.4. The molecule has 124 valence electrons. The number of hydrogen-bond donors (Lipinski definition) is 0. The average molecular weight is 342 g/mol. The number of nitrogens with zero attached hydrogens (tertiary/aromatic N) is 3. The van der Waals surface area contributed by atoms with Gasteiger partial charge in [-0.15, -0.1) is 12.4 Å². The van der Waals surface area contributed by atoms with Crippen molar-refractivity contribution in [1.82, 2.24) is 0 Å². The molecule has 1 amide bonds. The van der Waals surface area contributed by atoms with Gasteiger partial charge in [-0.05, 0) is 49.2 Å². The molecule has 0 bridgehead atoms. The molecule has 0 fully saturated rings. The molecule has 1 heterocycles. The molecule has 1 aliphatic rings. The molecule has 0 unspecified atom stereocenters. The Labute approximate surface area is 148 Å². The Morgan fingerprint density at radius 2 is 1.83 bits per heavy atom. The minimum absolute atomic E-state index is 0. The number of anilines is 2. The van der Waals surface area contributed by atoms with Crippen molar-refractivity contribution >= 4 is 29.7 Å². The number of para-hydroxylation sites is 2. The monoisotopic (exact) mass is 341 g/mol. The maximum absolute atomic E-state index is 13.1. The lowest BCUT2D eigenvalue weighted by Gasteiger charge is -2.25. The molecule has 24 heavy (non-hydrogen) atoms. The van der Waals surface area contributed by atoms with E-state index in [0.29, 0.717) is 17.7 Å². The molecule has 0 saturated heterocycles. The summed E-state index contributed by atoms with van der Waals surface area (Å²) in [7, 11) is 2.06. The lowest BCUT2D eigenvalue weighted by molar-refractivity contribution is 0.0986. The summed E-state index contributed by atoms with van der Waals surface area (Å²) in [6.07, 6.45) is 0.923. The van der Waals surface area contributed by atoms with Crippen molar-refractivity contribution in [3.63, 3.8) is 0 Å². The van der Waals surface area contributed by atoms with Crippen molar-refractivity contribution in [3.8, 4) is 6.07 Å². The lowest BCUT2D eigenvalue weighted by Crippen LogP contribution is -2.32. The van der Waals surface area contributed by atoms with Gasteiger partial charge in [-0.1, -0.05) is 12.1 Å². The Morgan fingerprint density at radius 3 is 2.50 bits per heavy atom. The summed E-state index contributed by atoms with van der Waals surface area (Å²) in [5.74, 6) is -0.00487. The summed E-state index contributed by atoms with van der Waals surface area (Å²) in [5, 5.41) is 8.99. The number of benzene rings is 2. The minimum atomic E-state index is -0.00487. The van der Waals surface area contributed by atoms with E-state index in [1.165, 1.54) is 0 Å². The molecule has 5 heteroatoms. The molecule has 0 radical (unpaired) electrons. The standard InChI is InChI=1S/C19H19N3O.ClH/c1-14-12-15(13-20)8-9-16(14)19(23)22-11-5-10-21(2)17-6-3-4-7-18(17)22;/h3-4,6-9,12H,5,10-11H2,1-2H3;1H. The van der Waals surface area contributed by atoms with E-state index in [1.54, 1.807) is 18.2 Å². The first-order valence-corrected chi connectivity index (χ1v) is 7.74. The molecule has 0 atom stereocenters. The predicted molar refractivity (Wildman–Crippen MR) is 99.1 cm³/mol. The molecule has 2 aromatic rings. The van der Waals surface area contributed by atoms with Gasteiger partial charge in [0, 0.05) is 25.7 Å². The summed E-state index contributed by atoms with van der Waals surface area (Å²) in [6, 6.07) is 15.3. The van der Waals surface area contributed by atoms with E-state index in [0.717, 1.165) is 29.9 Å². The van der Waals surface area contributed by atoms with Gasteiger partial charge in [0.15, 0.2) is 0 Å². The van der Waals surface area contributed by atoms with E-state index in [1.807, 2.05) is 36.1 Å². The number of carbonyl (C=O) groups is 1. The number of nitriles is 1. The predicted octanol–water partition coefficient (Wildman–Crippen LogP) is 3.78. The highest BCUT2D eigenvalue weighted by Gasteiger charge is 2.24. The second-order valence-corrected chi connectivity index (χ2v) is 5.86. The van der Waals surface area contributed by atoms with Crippen LogP contribution in [-0.4, -0.2) is 26.0 Å². The molecule has 1 aliphatic heterocycles. The van der Waals surface area contributed by atoms with Crippen LogP contribution in [0.5, 0.6) is 0 Å². The number of rotatable bonds is 1. The largest absolute Gasteiger partial charge is 0.373 e. The minimum Gasteiger partial charge on any atom is -0.373 e. The quantitative estimate of drug-likeness (QED) is 0.793. The van der Waals surface area contributed by atoms with Crippen molar-refractivity contribution in [2.45, 2.75) is 13.3 Å². The number of carbonyl (C=O) groups excluding carboxylic acids is 1. The second-order valence-electron chi connectivity index (χ2n) is 5.86. The summed E-state index contributed by atoms with van der Waals surface area (Å²) < 4.78 is 0. The van der Waals surface area contributed by atoms with Crippen LogP contribution in [0.4, 0.5) is 11.4 Å². The van der Waals surface area contributed by atoms with E-state index < -0.39 is 0 Å². The van der Waals surface area contributed by atoms with Gasteiger partial charge in [0.2, 0.25) is 0 Å². The number of aryl methyl sites for hydroxylation is 1. The first-order chi connectivity index (χ1) is 11.1. The zero-order valence-electron chi connectivity index (χ0n) is 13.8. The van der Waals surface area contributed by atoms with Gasteiger partial charge in [0.1, 0.15) is 0 Å². The molecule has 0 aliphatic carbocycles. The van der Waals surface area contributed by atoms with Gasteiger partial charge in [-0.25, -0.2) is 0 Å². The topological polar surface area (TPSA) is 47.3 Å². The lowest BCUT2D eigenvalue weighted by atomic mass is 10.0. The van der Waals surface area contributed by atoms with Crippen molar-refractivity contribution in [3.05, 3.63) is 59.2 Å². The fourth-order valence-electron chi connectivity index (χ4n) is 3.05. The Balaban J connectivity index is 0.00000208. The van der Waals surface area contributed by atoms with Crippen LogP contribution in [0, 0.1) is 18.3 Å². The SMILES string of the molecule is Cc1cc(C#N)ccc1C(=O)N1CCCN(C)c2ccccc21.Cl. The van der Waals surface area contributed by atoms with E-state index in [4.69, 9.17) is 5.26 Å². The van der Waals surface area contributed by atoms with Gasteiger partial charge >= 0.3 is 0 Å².